The molecule has 0 spiro atoms. The van der Waals surface area contributed by atoms with Gasteiger partial charge in [-0.15, -0.1) is 11.8 Å². The third-order valence-corrected chi connectivity index (χ3v) is 4.00. The monoisotopic (exact) mass is 262 g/mol. The van der Waals surface area contributed by atoms with Gasteiger partial charge in [-0.05, 0) is 37.1 Å². The maximum atomic E-state index is 5.43. The molecule has 1 heterocycles. The van der Waals surface area contributed by atoms with Crippen LogP contribution in [0.1, 0.15) is 17.5 Å². The van der Waals surface area contributed by atoms with Crippen LogP contribution >= 0.6 is 11.8 Å². The number of hydrogen-bond donors (Lipinski definition) is 0. The lowest BCUT2D eigenvalue weighted by molar-refractivity contribution is 0.393. The van der Waals surface area contributed by atoms with Crippen LogP contribution in [-0.4, -0.2) is 20.0 Å². The van der Waals surface area contributed by atoms with Crippen LogP contribution in [0.2, 0.25) is 0 Å². The van der Waals surface area contributed by atoms with Crippen molar-refractivity contribution in [3.63, 3.8) is 0 Å². The van der Waals surface area contributed by atoms with Gasteiger partial charge in [-0.25, -0.2) is 0 Å². The second kappa shape index (κ2) is 6.01. The summed E-state index contributed by atoms with van der Waals surface area (Å²) < 4.78 is 10.7. The summed E-state index contributed by atoms with van der Waals surface area (Å²) in [6, 6.07) is 3.95. The highest BCUT2D eigenvalue weighted by atomic mass is 32.2. The molecule has 1 aliphatic heterocycles. The summed E-state index contributed by atoms with van der Waals surface area (Å²) in [5.41, 5.74) is 2.28. The molecule has 1 aliphatic rings. The van der Waals surface area contributed by atoms with Crippen molar-refractivity contribution in [2.75, 3.05) is 20.0 Å². The fourth-order valence-corrected chi connectivity index (χ4v) is 2.82. The van der Waals surface area contributed by atoms with Gasteiger partial charge in [0, 0.05) is 22.3 Å². The highest BCUT2D eigenvalue weighted by Crippen LogP contribution is 2.31. The van der Waals surface area contributed by atoms with E-state index in [2.05, 4.69) is 25.2 Å². The van der Waals surface area contributed by atoms with Crippen LogP contribution in [0.5, 0.6) is 11.5 Å². The molecule has 0 N–H and O–H groups in total. The summed E-state index contributed by atoms with van der Waals surface area (Å²) in [5, 5.41) is 0. The van der Waals surface area contributed by atoms with Gasteiger partial charge in [0.05, 0.1) is 14.2 Å². The van der Waals surface area contributed by atoms with E-state index in [1.54, 1.807) is 14.2 Å². The standard InChI is InChI=1S/C15H18O2S/c1-11-9-12(16-2)10-15(17-3)14(11)7-6-13-5-4-8-18-13/h5-7,9-10H,4,8H2,1-3H3/b7-6+. The van der Waals surface area contributed by atoms with Gasteiger partial charge in [-0.1, -0.05) is 6.08 Å². The molecule has 0 radical (unpaired) electrons. The van der Waals surface area contributed by atoms with Gasteiger partial charge in [0.25, 0.3) is 0 Å². The molecule has 0 aromatic heterocycles. The van der Waals surface area contributed by atoms with Gasteiger partial charge >= 0.3 is 0 Å². The maximum Gasteiger partial charge on any atom is 0.130 e. The minimum atomic E-state index is 0.830. The molecule has 0 bridgehead atoms. The zero-order valence-electron chi connectivity index (χ0n) is 11.0. The molecule has 0 saturated carbocycles. The minimum Gasteiger partial charge on any atom is -0.497 e. The first kappa shape index (κ1) is 13.1. The fraction of sp³-hybridized carbons (Fsp3) is 0.333. The smallest absolute Gasteiger partial charge is 0.130 e. The summed E-state index contributed by atoms with van der Waals surface area (Å²) in [6.07, 6.45) is 7.72. The van der Waals surface area contributed by atoms with E-state index in [0.717, 1.165) is 22.6 Å². The number of aryl methyl sites for hydroxylation is 1. The van der Waals surface area contributed by atoms with E-state index < -0.39 is 0 Å². The van der Waals surface area contributed by atoms with E-state index >= 15 is 0 Å². The summed E-state index contributed by atoms with van der Waals surface area (Å²) >= 11 is 1.90. The molecule has 0 saturated heterocycles. The summed E-state index contributed by atoms with van der Waals surface area (Å²) in [4.78, 5) is 1.34. The van der Waals surface area contributed by atoms with Crippen LogP contribution < -0.4 is 9.47 Å². The molecule has 0 amide bonds. The Morgan fingerprint density at radius 3 is 2.61 bits per heavy atom. The number of benzene rings is 1. The Balaban J connectivity index is 2.31. The Morgan fingerprint density at radius 1 is 1.17 bits per heavy atom. The third kappa shape index (κ3) is 2.91. The topological polar surface area (TPSA) is 18.5 Å². The van der Waals surface area contributed by atoms with Gasteiger partial charge in [0.1, 0.15) is 11.5 Å². The number of thioether (sulfide) groups is 1. The lowest BCUT2D eigenvalue weighted by Crippen LogP contribution is -1.93. The van der Waals surface area contributed by atoms with Crippen molar-refractivity contribution in [1.29, 1.82) is 0 Å². The van der Waals surface area contributed by atoms with Crippen LogP contribution in [-0.2, 0) is 0 Å². The Bertz CT molecular complexity index is 490. The second-order valence-electron chi connectivity index (χ2n) is 4.14. The van der Waals surface area contributed by atoms with Crippen LogP contribution in [0, 0.1) is 6.92 Å². The average Bonchev–Trinajstić information content (AvgIpc) is 2.89. The summed E-state index contributed by atoms with van der Waals surface area (Å²) in [6.45, 7) is 2.07. The molecule has 18 heavy (non-hydrogen) atoms. The molecule has 0 fully saturated rings. The minimum absolute atomic E-state index is 0.830. The average molecular weight is 262 g/mol. The van der Waals surface area contributed by atoms with E-state index in [4.69, 9.17) is 9.47 Å². The number of rotatable bonds is 4. The SMILES string of the molecule is COc1cc(C)c(/C=C/C2=CCCS2)c(OC)c1. The van der Waals surface area contributed by atoms with Gasteiger partial charge < -0.3 is 9.47 Å². The highest BCUT2D eigenvalue weighted by Gasteiger charge is 2.07. The highest BCUT2D eigenvalue weighted by molar-refractivity contribution is 8.03. The van der Waals surface area contributed by atoms with Crippen molar-refractivity contribution in [2.45, 2.75) is 13.3 Å². The predicted octanol–water partition coefficient (Wildman–Crippen LogP) is 4.05. The molecule has 1 aromatic rings. The van der Waals surface area contributed by atoms with Crippen molar-refractivity contribution in [2.24, 2.45) is 0 Å². The molecule has 0 unspecified atom stereocenters. The van der Waals surface area contributed by atoms with Crippen molar-refractivity contribution in [3.8, 4) is 11.5 Å². The van der Waals surface area contributed by atoms with Crippen LogP contribution in [0.4, 0.5) is 0 Å². The number of ether oxygens (including phenoxy) is 2. The van der Waals surface area contributed by atoms with Crippen molar-refractivity contribution < 1.29 is 9.47 Å². The Morgan fingerprint density at radius 2 is 2.00 bits per heavy atom. The van der Waals surface area contributed by atoms with E-state index in [1.165, 1.54) is 17.1 Å². The molecule has 0 atom stereocenters. The maximum absolute atomic E-state index is 5.43. The molecular weight excluding hydrogens is 244 g/mol. The quantitative estimate of drug-likeness (QED) is 0.815. The summed E-state index contributed by atoms with van der Waals surface area (Å²) in [7, 11) is 3.36. The Hall–Kier alpha value is -1.35. The van der Waals surface area contributed by atoms with E-state index in [0.29, 0.717) is 0 Å². The Labute approximate surface area is 113 Å². The second-order valence-corrected chi connectivity index (χ2v) is 5.31. The fourth-order valence-electron chi connectivity index (χ4n) is 1.95. The zero-order valence-corrected chi connectivity index (χ0v) is 11.8. The molecule has 0 aliphatic carbocycles. The van der Waals surface area contributed by atoms with E-state index in [-0.39, 0.29) is 0 Å². The third-order valence-electron chi connectivity index (χ3n) is 2.92. The van der Waals surface area contributed by atoms with E-state index in [1.807, 2.05) is 23.9 Å². The van der Waals surface area contributed by atoms with Gasteiger partial charge in [0.2, 0.25) is 0 Å². The lowest BCUT2D eigenvalue weighted by atomic mass is 10.1. The largest absolute Gasteiger partial charge is 0.497 e. The number of methoxy groups -OCH3 is 2. The molecular formula is C15H18O2S. The first-order chi connectivity index (χ1) is 8.74. The Kier molecular flexibility index (Phi) is 4.37. The number of allylic oxidation sites excluding steroid dienone is 2. The van der Waals surface area contributed by atoms with E-state index in [9.17, 15) is 0 Å². The normalized spacial score (nSPS) is 14.9. The first-order valence-corrected chi connectivity index (χ1v) is 6.97. The molecule has 2 nitrogen and oxygen atoms in total. The van der Waals surface area contributed by atoms with Gasteiger partial charge in [-0.2, -0.15) is 0 Å². The molecule has 2 rings (SSSR count). The molecule has 96 valence electrons. The van der Waals surface area contributed by atoms with Crippen LogP contribution in [0.25, 0.3) is 6.08 Å². The van der Waals surface area contributed by atoms with Gasteiger partial charge in [-0.3, -0.25) is 0 Å². The lowest BCUT2D eigenvalue weighted by Gasteiger charge is -2.10. The van der Waals surface area contributed by atoms with Crippen molar-refractivity contribution >= 4 is 17.8 Å². The summed E-state index contributed by atoms with van der Waals surface area (Å²) in [5.74, 6) is 2.88. The zero-order chi connectivity index (χ0) is 13.0. The van der Waals surface area contributed by atoms with Crippen LogP contribution in [0.15, 0.2) is 29.2 Å². The van der Waals surface area contributed by atoms with Crippen molar-refractivity contribution in [1.82, 2.24) is 0 Å². The molecule has 3 heteroatoms. The number of hydrogen-bond acceptors (Lipinski definition) is 3. The van der Waals surface area contributed by atoms with Gasteiger partial charge in [0.15, 0.2) is 0 Å². The molecule has 1 aromatic carbocycles. The first-order valence-electron chi connectivity index (χ1n) is 5.98. The van der Waals surface area contributed by atoms with Crippen LogP contribution in [0.3, 0.4) is 0 Å². The predicted molar refractivity (Wildman–Crippen MR) is 78.5 cm³/mol. The van der Waals surface area contributed by atoms with Crippen molar-refractivity contribution in [3.05, 3.63) is 40.3 Å².